The number of nitrogens with one attached hydrogen (secondary N) is 1. The number of amides is 1. The highest BCUT2D eigenvalue weighted by molar-refractivity contribution is 7.91. The molecule has 0 aliphatic heterocycles. The van der Waals surface area contributed by atoms with Crippen molar-refractivity contribution in [1.82, 2.24) is 5.32 Å². The third kappa shape index (κ3) is 4.13. The second-order valence-corrected chi connectivity index (χ2v) is 6.50. The Morgan fingerprint density at radius 3 is 2.24 bits per heavy atom. The van der Waals surface area contributed by atoms with Crippen LogP contribution in [0.5, 0.6) is 0 Å². The Labute approximate surface area is 122 Å². The first kappa shape index (κ1) is 15.2. The van der Waals surface area contributed by atoms with Gasteiger partial charge in [0.2, 0.25) is 0 Å². The summed E-state index contributed by atoms with van der Waals surface area (Å²) in [6, 6.07) is 13.1. The lowest BCUT2D eigenvalue weighted by Gasteiger charge is -2.06. The van der Waals surface area contributed by atoms with Gasteiger partial charge in [-0.15, -0.1) is 0 Å². The summed E-state index contributed by atoms with van der Waals surface area (Å²) in [6.07, 6.45) is 0. The van der Waals surface area contributed by atoms with Gasteiger partial charge in [-0.3, -0.25) is 4.79 Å². The second kappa shape index (κ2) is 6.49. The maximum atomic E-state index is 12.7. The van der Waals surface area contributed by atoms with Gasteiger partial charge in [-0.25, -0.2) is 12.8 Å². The number of carbonyl (C=O) groups is 1. The summed E-state index contributed by atoms with van der Waals surface area (Å²) in [4.78, 5) is 12.0. The zero-order valence-corrected chi connectivity index (χ0v) is 11.9. The summed E-state index contributed by atoms with van der Waals surface area (Å²) in [5.74, 6) is -1.05. The molecule has 0 unspecified atom stereocenters. The number of sulfone groups is 1. The summed E-state index contributed by atoms with van der Waals surface area (Å²) >= 11 is 0. The monoisotopic (exact) mass is 307 g/mol. The van der Waals surface area contributed by atoms with Crippen molar-refractivity contribution in [2.24, 2.45) is 0 Å². The first-order chi connectivity index (χ1) is 9.99. The van der Waals surface area contributed by atoms with Crippen LogP contribution < -0.4 is 5.32 Å². The maximum Gasteiger partial charge on any atom is 0.251 e. The molecule has 0 atom stereocenters. The van der Waals surface area contributed by atoms with Crippen LogP contribution in [0.15, 0.2) is 59.5 Å². The minimum Gasteiger partial charge on any atom is -0.351 e. The highest BCUT2D eigenvalue weighted by atomic mass is 32.2. The van der Waals surface area contributed by atoms with Crippen LogP contribution in [-0.4, -0.2) is 26.6 Å². The molecule has 0 aliphatic rings. The third-order valence-corrected chi connectivity index (χ3v) is 4.60. The van der Waals surface area contributed by atoms with Crippen LogP contribution in [0.4, 0.5) is 4.39 Å². The predicted octanol–water partition coefficient (Wildman–Crippen LogP) is 2.03. The van der Waals surface area contributed by atoms with E-state index in [0.717, 1.165) is 0 Å². The quantitative estimate of drug-likeness (QED) is 0.919. The standard InChI is InChI=1S/C15H14FNO3S/c16-13-8-6-12(7-9-13)15(18)17-10-11-21(19,20)14-4-2-1-3-5-14/h1-9H,10-11H2,(H,17,18). The van der Waals surface area contributed by atoms with Crippen LogP contribution in [0.25, 0.3) is 0 Å². The predicted molar refractivity (Wildman–Crippen MR) is 77.2 cm³/mol. The fraction of sp³-hybridized carbons (Fsp3) is 0.133. The van der Waals surface area contributed by atoms with E-state index in [9.17, 15) is 17.6 Å². The van der Waals surface area contributed by atoms with Gasteiger partial charge in [0.15, 0.2) is 9.84 Å². The number of carbonyl (C=O) groups excluding carboxylic acids is 1. The lowest BCUT2D eigenvalue weighted by Crippen LogP contribution is -2.29. The Hall–Kier alpha value is -2.21. The Balaban J connectivity index is 1.92. The van der Waals surface area contributed by atoms with E-state index in [4.69, 9.17) is 0 Å². The fourth-order valence-electron chi connectivity index (χ4n) is 1.75. The van der Waals surface area contributed by atoms with Gasteiger partial charge in [0, 0.05) is 12.1 Å². The first-order valence-electron chi connectivity index (χ1n) is 6.30. The van der Waals surface area contributed by atoms with Crippen molar-refractivity contribution in [2.75, 3.05) is 12.3 Å². The molecule has 0 heterocycles. The molecule has 0 spiro atoms. The van der Waals surface area contributed by atoms with Crippen molar-refractivity contribution >= 4 is 15.7 Å². The van der Waals surface area contributed by atoms with Gasteiger partial charge in [-0.1, -0.05) is 18.2 Å². The number of benzene rings is 2. The molecule has 4 nitrogen and oxygen atoms in total. The molecule has 1 N–H and O–H groups in total. The van der Waals surface area contributed by atoms with E-state index in [0.29, 0.717) is 0 Å². The van der Waals surface area contributed by atoms with Crippen molar-refractivity contribution in [3.05, 3.63) is 66.0 Å². The van der Waals surface area contributed by atoms with E-state index in [2.05, 4.69) is 5.32 Å². The summed E-state index contributed by atoms with van der Waals surface area (Å²) in [5.41, 5.74) is 0.286. The molecule has 2 rings (SSSR count). The van der Waals surface area contributed by atoms with Gasteiger partial charge in [0.25, 0.3) is 5.91 Å². The average molecular weight is 307 g/mol. The minimum absolute atomic E-state index is 0.00651. The topological polar surface area (TPSA) is 63.2 Å². The molecule has 1 amide bonds. The largest absolute Gasteiger partial charge is 0.351 e. The van der Waals surface area contributed by atoms with E-state index in [-0.39, 0.29) is 22.8 Å². The molecular formula is C15H14FNO3S. The summed E-state index contributed by atoms with van der Waals surface area (Å²) in [6.45, 7) is -0.00651. The van der Waals surface area contributed by atoms with Crippen LogP contribution in [0, 0.1) is 5.82 Å². The van der Waals surface area contributed by atoms with Crippen molar-refractivity contribution in [1.29, 1.82) is 0 Å². The summed E-state index contributed by atoms with van der Waals surface area (Å²) in [7, 11) is -3.42. The number of rotatable bonds is 5. The Morgan fingerprint density at radius 2 is 1.62 bits per heavy atom. The molecule has 0 fully saturated rings. The van der Waals surface area contributed by atoms with Gasteiger partial charge in [0.05, 0.1) is 10.6 Å². The molecule has 110 valence electrons. The lowest BCUT2D eigenvalue weighted by atomic mass is 10.2. The molecule has 6 heteroatoms. The van der Waals surface area contributed by atoms with Crippen LogP contribution in [0.1, 0.15) is 10.4 Å². The number of hydrogen-bond acceptors (Lipinski definition) is 3. The van der Waals surface area contributed by atoms with Gasteiger partial charge >= 0.3 is 0 Å². The fourth-order valence-corrected chi connectivity index (χ4v) is 2.93. The van der Waals surface area contributed by atoms with Gasteiger partial charge in [-0.2, -0.15) is 0 Å². The number of hydrogen-bond donors (Lipinski definition) is 1. The molecular weight excluding hydrogens is 293 g/mol. The van der Waals surface area contributed by atoms with Gasteiger partial charge in [0.1, 0.15) is 5.82 Å². The molecule has 2 aromatic carbocycles. The molecule has 0 radical (unpaired) electrons. The van der Waals surface area contributed by atoms with E-state index >= 15 is 0 Å². The Bertz CT molecular complexity index is 712. The van der Waals surface area contributed by atoms with Crippen LogP contribution in [0.3, 0.4) is 0 Å². The maximum absolute atomic E-state index is 12.7. The first-order valence-corrected chi connectivity index (χ1v) is 7.96. The Kier molecular flexibility index (Phi) is 4.70. The molecule has 21 heavy (non-hydrogen) atoms. The van der Waals surface area contributed by atoms with E-state index in [1.807, 2.05) is 0 Å². The van der Waals surface area contributed by atoms with Gasteiger partial charge in [-0.05, 0) is 36.4 Å². The van der Waals surface area contributed by atoms with Crippen molar-refractivity contribution < 1.29 is 17.6 Å². The summed E-state index contributed by atoms with van der Waals surface area (Å²) < 4.78 is 36.7. The zero-order valence-electron chi connectivity index (χ0n) is 11.1. The smallest absolute Gasteiger partial charge is 0.251 e. The zero-order chi connectivity index (χ0) is 15.3. The van der Waals surface area contributed by atoms with Crippen molar-refractivity contribution in [3.63, 3.8) is 0 Å². The van der Waals surface area contributed by atoms with Crippen LogP contribution >= 0.6 is 0 Å². The lowest BCUT2D eigenvalue weighted by molar-refractivity contribution is 0.0956. The third-order valence-electron chi connectivity index (χ3n) is 2.87. The molecule has 2 aromatic rings. The van der Waals surface area contributed by atoms with Gasteiger partial charge < -0.3 is 5.32 Å². The molecule has 0 saturated carbocycles. The van der Waals surface area contributed by atoms with E-state index in [1.165, 1.54) is 36.4 Å². The number of halogens is 1. The molecule has 0 bridgehead atoms. The van der Waals surface area contributed by atoms with Crippen LogP contribution in [0.2, 0.25) is 0 Å². The van der Waals surface area contributed by atoms with E-state index in [1.54, 1.807) is 18.2 Å². The highest BCUT2D eigenvalue weighted by Crippen LogP contribution is 2.09. The SMILES string of the molecule is O=C(NCCS(=O)(=O)c1ccccc1)c1ccc(F)cc1. The minimum atomic E-state index is -3.42. The van der Waals surface area contributed by atoms with Crippen molar-refractivity contribution in [3.8, 4) is 0 Å². The second-order valence-electron chi connectivity index (χ2n) is 4.39. The van der Waals surface area contributed by atoms with Crippen molar-refractivity contribution in [2.45, 2.75) is 4.90 Å². The van der Waals surface area contributed by atoms with Crippen LogP contribution in [-0.2, 0) is 9.84 Å². The molecule has 0 aliphatic carbocycles. The Morgan fingerprint density at radius 1 is 1.00 bits per heavy atom. The molecule has 0 saturated heterocycles. The summed E-state index contributed by atoms with van der Waals surface area (Å²) in [5, 5.41) is 2.50. The van der Waals surface area contributed by atoms with E-state index < -0.39 is 21.6 Å². The molecule has 0 aromatic heterocycles. The highest BCUT2D eigenvalue weighted by Gasteiger charge is 2.14. The normalized spacial score (nSPS) is 11.1. The average Bonchev–Trinajstić information content (AvgIpc) is 2.48.